The molecule has 0 unspecified atom stereocenters. The Bertz CT molecular complexity index is 576. The molecule has 0 radical (unpaired) electrons. The molecule has 0 aromatic heterocycles. The molecular weight excluding hydrogens is 244 g/mol. The number of hydrogen-bond donors (Lipinski definition) is 2. The largest absolute Gasteiger partial charge is 0.343 e. The van der Waals surface area contributed by atoms with Gasteiger partial charge >= 0.3 is 5.91 Å². The third-order valence-corrected chi connectivity index (χ3v) is 4.43. The zero-order valence-corrected chi connectivity index (χ0v) is 10.7. The molecule has 0 bridgehead atoms. The molecule has 2 atom stereocenters. The Morgan fingerprint density at radius 2 is 2.00 bits per heavy atom. The van der Waals surface area contributed by atoms with Crippen LogP contribution in [0.15, 0.2) is 11.6 Å². The van der Waals surface area contributed by atoms with Gasteiger partial charge in [-0.3, -0.25) is 5.73 Å². The Balaban J connectivity index is 2.26. The molecule has 6 nitrogen and oxygen atoms in total. The predicted molar refractivity (Wildman–Crippen MR) is 63.9 cm³/mol. The van der Waals surface area contributed by atoms with Crippen molar-refractivity contribution in [3.63, 3.8) is 0 Å². The lowest BCUT2D eigenvalue weighted by Gasteiger charge is -2.41. The molecule has 1 aliphatic carbocycles. The summed E-state index contributed by atoms with van der Waals surface area (Å²) in [6.45, 7) is 2.71. The van der Waals surface area contributed by atoms with E-state index < -0.39 is 16.7 Å². The topological polar surface area (TPSA) is 106 Å². The van der Waals surface area contributed by atoms with Gasteiger partial charge in [0, 0.05) is 6.42 Å². The predicted octanol–water partition coefficient (Wildman–Crippen LogP) is -1.10. The van der Waals surface area contributed by atoms with Gasteiger partial charge in [-0.2, -0.15) is 10.5 Å². The lowest BCUT2D eigenvalue weighted by Crippen LogP contribution is -2.89. The fraction of sp³-hybridized carbons (Fsp3) is 0.615. The van der Waals surface area contributed by atoms with Crippen LogP contribution in [-0.4, -0.2) is 25.0 Å². The van der Waals surface area contributed by atoms with E-state index in [1.807, 2.05) is 13.0 Å². The summed E-state index contributed by atoms with van der Waals surface area (Å²) in [5.41, 5.74) is 4.86. The van der Waals surface area contributed by atoms with E-state index in [2.05, 4.69) is 17.1 Å². The maximum atomic E-state index is 9.78. The minimum Gasteiger partial charge on any atom is -0.311 e. The molecule has 98 valence electrons. The first-order valence-corrected chi connectivity index (χ1v) is 6.23. The van der Waals surface area contributed by atoms with Gasteiger partial charge in [-0.1, -0.05) is 11.6 Å². The third-order valence-electron chi connectivity index (χ3n) is 4.43. The number of nitrogens with two attached hydrogens (primary N) is 1. The first-order chi connectivity index (χ1) is 9.06. The van der Waals surface area contributed by atoms with Crippen LogP contribution < -0.4 is 10.7 Å². The summed E-state index contributed by atoms with van der Waals surface area (Å²) in [5, 5.41) is 19.5. The zero-order chi connectivity index (χ0) is 13.7. The van der Waals surface area contributed by atoms with Gasteiger partial charge in [0.05, 0.1) is 25.4 Å². The van der Waals surface area contributed by atoms with Crippen molar-refractivity contribution in [2.75, 3.05) is 13.2 Å². The molecule has 0 saturated carbocycles. The van der Waals surface area contributed by atoms with Crippen LogP contribution in [0.3, 0.4) is 0 Å². The van der Waals surface area contributed by atoms with Crippen LogP contribution in [0.4, 0.5) is 0 Å². The van der Waals surface area contributed by atoms with Crippen molar-refractivity contribution in [2.45, 2.75) is 25.7 Å². The first-order valence-electron chi connectivity index (χ1n) is 6.23. The van der Waals surface area contributed by atoms with Crippen LogP contribution in [0.1, 0.15) is 19.8 Å². The smallest absolute Gasteiger partial charge is 0.311 e. The molecule has 1 fully saturated rings. The highest BCUT2D eigenvalue weighted by atomic mass is 16.8. The summed E-state index contributed by atoms with van der Waals surface area (Å²) in [5.74, 6) is -1.02. The quantitative estimate of drug-likeness (QED) is 0.537. The van der Waals surface area contributed by atoms with Gasteiger partial charge < -0.3 is 9.47 Å². The molecule has 0 aromatic carbocycles. The Labute approximate surface area is 111 Å². The van der Waals surface area contributed by atoms with E-state index in [1.165, 1.54) is 0 Å². The summed E-state index contributed by atoms with van der Waals surface area (Å²) in [4.78, 5) is 2.95. The number of nitrogens with one attached hydrogen (secondary N) is 1. The minimum atomic E-state index is -1.29. The van der Waals surface area contributed by atoms with Crippen LogP contribution in [0, 0.1) is 33.5 Å². The van der Waals surface area contributed by atoms with Crippen LogP contribution in [0.25, 0.3) is 0 Å². The van der Waals surface area contributed by atoms with E-state index in [9.17, 15) is 10.5 Å². The number of nitrogens with zero attached hydrogens (tertiary/aromatic N) is 2. The van der Waals surface area contributed by atoms with Gasteiger partial charge in [-0.25, -0.2) is 4.99 Å². The molecule has 2 heterocycles. The third kappa shape index (κ3) is 1.14. The lowest BCUT2D eigenvalue weighted by atomic mass is 9.57. The van der Waals surface area contributed by atoms with Gasteiger partial charge in [0.15, 0.2) is 10.8 Å². The molecule has 3 aliphatic rings. The fourth-order valence-electron chi connectivity index (χ4n) is 3.41. The highest BCUT2D eigenvalue weighted by Gasteiger charge is 2.78. The van der Waals surface area contributed by atoms with Crippen molar-refractivity contribution in [3.05, 3.63) is 11.6 Å². The molecule has 1 spiro atoms. The Kier molecular flexibility index (Phi) is 2.28. The maximum Gasteiger partial charge on any atom is 0.343 e. The van der Waals surface area contributed by atoms with Gasteiger partial charge in [0.25, 0.3) is 5.84 Å². The summed E-state index contributed by atoms with van der Waals surface area (Å²) in [6, 6.07) is 4.53. The van der Waals surface area contributed by atoms with Crippen molar-refractivity contribution in [2.24, 2.45) is 16.6 Å². The number of hydrogen-bond acceptors (Lipinski definition) is 5. The Morgan fingerprint density at radius 1 is 1.32 bits per heavy atom. The first kappa shape index (κ1) is 12.2. The van der Waals surface area contributed by atoms with Crippen LogP contribution in [0.2, 0.25) is 0 Å². The van der Waals surface area contributed by atoms with E-state index in [-0.39, 0.29) is 5.84 Å². The summed E-state index contributed by atoms with van der Waals surface area (Å²) in [7, 11) is 0. The van der Waals surface area contributed by atoms with Crippen molar-refractivity contribution >= 4 is 5.84 Å². The molecular formula is C13H15N4O2+. The van der Waals surface area contributed by atoms with Gasteiger partial charge in [-0.15, -0.1) is 0 Å². The normalized spacial score (nSPS) is 39.1. The second-order valence-corrected chi connectivity index (χ2v) is 5.32. The molecule has 3 rings (SSSR count). The SMILES string of the molecule is CC1=CC[C@@]2(C#N)C3([NH+]=C(N)[C@@]2(C#N)C1)OCCO3. The van der Waals surface area contributed by atoms with E-state index in [4.69, 9.17) is 15.2 Å². The number of amidine groups is 1. The standard InChI is InChI=1S/C13H14N4O2/c1-9-2-3-12(8-15)11(6-9,7-14)10(16)17-13(12)18-4-5-19-13/h2H,3-6H2,1H3,(H2,16,17)/p+1/t11-,12-/m0/s1. The van der Waals surface area contributed by atoms with Crippen molar-refractivity contribution in [1.82, 2.24) is 0 Å². The lowest BCUT2D eigenvalue weighted by molar-refractivity contribution is -0.679. The van der Waals surface area contributed by atoms with Crippen LogP contribution in [0.5, 0.6) is 0 Å². The van der Waals surface area contributed by atoms with E-state index in [1.54, 1.807) is 0 Å². The average Bonchev–Trinajstić information content (AvgIpc) is 2.95. The second-order valence-electron chi connectivity index (χ2n) is 5.32. The van der Waals surface area contributed by atoms with Gasteiger partial charge in [0.2, 0.25) is 0 Å². The van der Waals surface area contributed by atoms with Gasteiger partial charge in [-0.05, 0) is 13.3 Å². The Hall–Kier alpha value is -1.89. The molecule has 19 heavy (non-hydrogen) atoms. The highest BCUT2D eigenvalue weighted by Crippen LogP contribution is 2.57. The number of allylic oxidation sites excluding steroid dienone is 2. The summed E-state index contributed by atoms with van der Waals surface area (Å²) < 4.78 is 11.3. The zero-order valence-electron chi connectivity index (χ0n) is 10.7. The van der Waals surface area contributed by atoms with Crippen LogP contribution >= 0.6 is 0 Å². The molecule has 3 N–H and O–H groups in total. The van der Waals surface area contributed by atoms with Crippen molar-refractivity contribution in [3.8, 4) is 12.1 Å². The molecule has 2 aliphatic heterocycles. The van der Waals surface area contributed by atoms with Crippen molar-refractivity contribution < 1.29 is 14.5 Å². The van der Waals surface area contributed by atoms with E-state index in [0.29, 0.717) is 26.1 Å². The van der Waals surface area contributed by atoms with Crippen LogP contribution in [-0.2, 0) is 9.47 Å². The second kappa shape index (κ2) is 3.57. The Morgan fingerprint density at radius 3 is 2.58 bits per heavy atom. The number of fused-ring (bicyclic) bond motifs is 2. The summed E-state index contributed by atoms with van der Waals surface area (Å²) >= 11 is 0. The van der Waals surface area contributed by atoms with E-state index in [0.717, 1.165) is 5.57 Å². The fourth-order valence-corrected chi connectivity index (χ4v) is 3.41. The summed E-state index contributed by atoms with van der Waals surface area (Å²) in [6.07, 6.45) is 2.77. The van der Waals surface area contributed by atoms with Gasteiger partial charge in [0.1, 0.15) is 0 Å². The number of nitriles is 2. The van der Waals surface area contributed by atoms with Crippen molar-refractivity contribution in [1.29, 1.82) is 10.5 Å². The highest BCUT2D eigenvalue weighted by molar-refractivity contribution is 5.88. The monoisotopic (exact) mass is 259 g/mol. The molecule has 0 amide bonds. The average molecular weight is 259 g/mol. The number of rotatable bonds is 0. The minimum absolute atomic E-state index is 0.269. The molecule has 0 aromatic rings. The molecule has 6 heteroatoms. The maximum absolute atomic E-state index is 9.78. The van der Waals surface area contributed by atoms with E-state index >= 15 is 0 Å². The molecule has 1 saturated heterocycles. The number of ether oxygens (including phenoxy) is 2.